The molecular formula is C17H19FN2O4. The molecule has 24 heavy (non-hydrogen) atoms. The van der Waals surface area contributed by atoms with Crippen molar-refractivity contribution >= 4 is 17.7 Å². The summed E-state index contributed by atoms with van der Waals surface area (Å²) in [6.45, 7) is 2.01. The highest BCUT2D eigenvalue weighted by Gasteiger charge is 2.37. The van der Waals surface area contributed by atoms with Crippen LogP contribution in [0.5, 0.6) is 5.75 Å². The summed E-state index contributed by atoms with van der Waals surface area (Å²) >= 11 is 0. The third-order valence-corrected chi connectivity index (χ3v) is 4.42. The molecule has 3 rings (SSSR count). The number of likely N-dealkylation sites (tertiary alicyclic amines) is 1. The maximum absolute atomic E-state index is 13.6. The van der Waals surface area contributed by atoms with Gasteiger partial charge in [0.15, 0.2) is 0 Å². The Hall–Kier alpha value is -2.44. The van der Waals surface area contributed by atoms with Crippen LogP contribution < -0.4 is 10.1 Å². The smallest absolute Gasteiger partial charge is 0.243 e. The maximum atomic E-state index is 13.6. The van der Waals surface area contributed by atoms with Crippen molar-refractivity contribution in [1.29, 1.82) is 0 Å². The van der Waals surface area contributed by atoms with Gasteiger partial charge in [-0.3, -0.25) is 19.3 Å². The fourth-order valence-corrected chi connectivity index (χ4v) is 3.13. The van der Waals surface area contributed by atoms with Crippen LogP contribution in [0.4, 0.5) is 4.39 Å². The first-order valence-electron chi connectivity index (χ1n) is 8.05. The molecule has 1 aromatic rings. The van der Waals surface area contributed by atoms with E-state index in [4.69, 9.17) is 4.74 Å². The number of fused-ring (bicyclic) bond motifs is 1. The van der Waals surface area contributed by atoms with Crippen LogP contribution in [0.3, 0.4) is 0 Å². The molecule has 7 heteroatoms. The van der Waals surface area contributed by atoms with Gasteiger partial charge in [0.25, 0.3) is 0 Å². The summed E-state index contributed by atoms with van der Waals surface area (Å²) in [6, 6.07) is 2.91. The van der Waals surface area contributed by atoms with Crippen LogP contribution in [0.1, 0.15) is 44.2 Å². The molecule has 2 atom stereocenters. The van der Waals surface area contributed by atoms with E-state index in [1.807, 2.05) is 0 Å². The zero-order chi connectivity index (χ0) is 17.3. The van der Waals surface area contributed by atoms with Crippen molar-refractivity contribution in [2.45, 2.75) is 44.7 Å². The highest BCUT2D eigenvalue weighted by Crippen LogP contribution is 2.32. The van der Waals surface area contributed by atoms with E-state index < -0.39 is 23.8 Å². The summed E-state index contributed by atoms with van der Waals surface area (Å²) in [7, 11) is 0. The van der Waals surface area contributed by atoms with Crippen LogP contribution in [0.15, 0.2) is 18.2 Å². The lowest BCUT2D eigenvalue weighted by atomic mass is 10.0. The molecule has 2 aliphatic rings. The van der Waals surface area contributed by atoms with Gasteiger partial charge < -0.3 is 10.1 Å². The number of hydrogen-bond acceptors (Lipinski definition) is 4. The number of benzene rings is 1. The van der Waals surface area contributed by atoms with Gasteiger partial charge in [-0.2, -0.15) is 0 Å². The number of ether oxygens (including phenoxy) is 1. The minimum Gasteiger partial charge on any atom is -0.493 e. The number of rotatable bonds is 3. The van der Waals surface area contributed by atoms with E-state index in [1.165, 1.54) is 19.1 Å². The summed E-state index contributed by atoms with van der Waals surface area (Å²) in [6.07, 6.45) is 1.58. The van der Waals surface area contributed by atoms with Crippen molar-refractivity contribution in [2.24, 2.45) is 0 Å². The third-order valence-electron chi connectivity index (χ3n) is 4.42. The Balaban J connectivity index is 1.78. The molecule has 128 valence electrons. The minimum absolute atomic E-state index is 0.141. The lowest BCUT2D eigenvalue weighted by Crippen LogP contribution is -2.48. The Morgan fingerprint density at radius 2 is 2.04 bits per heavy atom. The molecule has 1 N–H and O–H groups in total. The van der Waals surface area contributed by atoms with Crippen molar-refractivity contribution in [1.82, 2.24) is 10.2 Å². The lowest BCUT2D eigenvalue weighted by molar-refractivity contribution is -0.146. The zero-order valence-corrected chi connectivity index (χ0v) is 13.4. The molecule has 2 aliphatic heterocycles. The Labute approximate surface area is 139 Å². The molecule has 0 bridgehead atoms. The first-order chi connectivity index (χ1) is 11.5. The van der Waals surface area contributed by atoms with E-state index in [0.717, 1.165) is 4.90 Å². The molecule has 0 spiro atoms. The van der Waals surface area contributed by atoms with Crippen molar-refractivity contribution in [3.05, 3.63) is 29.6 Å². The standard InChI is InChI=1S/C17H19FN2O4/c1-10(20-15(21)6-7-16(20)22)17(23)19-13-3-2-8-24-14-5-4-11(18)9-12(13)14/h4-5,9-10,13H,2-3,6-8H2,1H3,(H,19,23). The SMILES string of the molecule is CC(C(=O)NC1CCCOc2ccc(F)cc21)N1C(=O)CCC1=O. The molecule has 1 aromatic carbocycles. The Morgan fingerprint density at radius 1 is 1.33 bits per heavy atom. The van der Waals surface area contributed by atoms with Gasteiger partial charge >= 0.3 is 0 Å². The van der Waals surface area contributed by atoms with Crippen LogP contribution in [0.25, 0.3) is 0 Å². The van der Waals surface area contributed by atoms with Gasteiger partial charge in [-0.25, -0.2) is 4.39 Å². The molecule has 2 heterocycles. The number of imide groups is 1. The molecule has 1 fully saturated rings. The molecule has 2 unspecified atom stereocenters. The molecule has 1 saturated heterocycles. The average Bonchev–Trinajstić information content (AvgIpc) is 2.77. The maximum Gasteiger partial charge on any atom is 0.243 e. The van der Waals surface area contributed by atoms with Crippen molar-refractivity contribution in [2.75, 3.05) is 6.61 Å². The fraction of sp³-hybridized carbons (Fsp3) is 0.471. The molecular weight excluding hydrogens is 315 g/mol. The first-order valence-corrected chi connectivity index (χ1v) is 8.05. The molecule has 0 radical (unpaired) electrons. The number of nitrogens with zero attached hydrogens (tertiary/aromatic N) is 1. The normalized spacial score (nSPS) is 21.8. The minimum atomic E-state index is -0.881. The van der Waals surface area contributed by atoms with Crippen LogP contribution in [0, 0.1) is 5.82 Å². The largest absolute Gasteiger partial charge is 0.493 e. The second-order valence-corrected chi connectivity index (χ2v) is 6.07. The topological polar surface area (TPSA) is 75.7 Å². The highest BCUT2D eigenvalue weighted by atomic mass is 19.1. The van der Waals surface area contributed by atoms with Gasteiger partial charge in [0.2, 0.25) is 17.7 Å². The lowest BCUT2D eigenvalue weighted by Gasteiger charge is -2.25. The summed E-state index contributed by atoms with van der Waals surface area (Å²) in [5, 5.41) is 2.83. The van der Waals surface area contributed by atoms with Crippen LogP contribution in [0.2, 0.25) is 0 Å². The predicted molar refractivity (Wildman–Crippen MR) is 82.6 cm³/mol. The van der Waals surface area contributed by atoms with Crippen LogP contribution >= 0.6 is 0 Å². The average molecular weight is 334 g/mol. The molecule has 6 nitrogen and oxygen atoms in total. The Kier molecular flexibility index (Phi) is 4.51. The number of hydrogen-bond donors (Lipinski definition) is 1. The van der Waals surface area contributed by atoms with E-state index in [-0.39, 0.29) is 24.7 Å². The second kappa shape index (κ2) is 6.59. The van der Waals surface area contributed by atoms with E-state index in [1.54, 1.807) is 6.07 Å². The van der Waals surface area contributed by atoms with E-state index in [0.29, 0.717) is 30.8 Å². The molecule has 0 saturated carbocycles. The van der Waals surface area contributed by atoms with Crippen molar-refractivity contribution < 1.29 is 23.5 Å². The summed E-state index contributed by atoms with van der Waals surface area (Å²) in [4.78, 5) is 37.1. The first kappa shape index (κ1) is 16.4. The number of carbonyl (C=O) groups is 3. The number of halogens is 1. The van der Waals surface area contributed by atoms with E-state index in [2.05, 4.69) is 5.32 Å². The fourth-order valence-electron chi connectivity index (χ4n) is 3.13. The Morgan fingerprint density at radius 3 is 2.75 bits per heavy atom. The summed E-state index contributed by atoms with van der Waals surface area (Å²) in [5.74, 6) is -0.964. The van der Waals surface area contributed by atoms with Gasteiger partial charge in [0, 0.05) is 18.4 Å². The van der Waals surface area contributed by atoms with Crippen LogP contribution in [-0.2, 0) is 14.4 Å². The molecule has 0 aliphatic carbocycles. The monoisotopic (exact) mass is 334 g/mol. The second-order valence-electron chi connectivity index (χ2n) is 6.07. The summed E-state index contributed by atoms with van der Waals surface area (Å²) < 4.78 is 19.2. The van der Waals surface area contributed by atoms with Crippen LogP contribution in [-0.4, -0.2) is 35.3 Å². The Bertz CT molecular complexity index is 675. The third kappa shape index (κ3) is 3.11. The van der Waals surface area contributed by atoms with Gasteiger partial charge in [-0.1, -0.05) is 0 Å². The van der Waals surface area contributed by atoms with E-state index >= 15 is 0 Å². The zero-order valence-electron chi connectivity index (χ0n) is 13.4. The van der Waals surface area contributed by atoms with Crippen molar-refractivity contribution in [3.63, 3.8) is 0 Å². The predicted octanol–water partition coefficient (Wildman–Crippen LogP) is 1.69. The van der Waals surface area contributed by atoms with Crippen molar-refractivity contribution in [3.8, 4) is 5.75 Å². The van der Waals surface area contributed by atoms with Gasteiger partial charge in [-0.15, -0.1) is 0 Å². The number of carbonyl (C=O) groups excluding carboxylic acids is 3. The van der Waals surface area contributed by atoms with Gasteiger partial charge in [0.05, 0.1) is 12.6 Å². The highest BCUT2D eigenvalue weighted by molar-refractivity contribution is 6.05. The summed E-state index contributed by atoms with van der Waals surface area (Å²) in [5.41, 5.74) is 0.576. The van der Waals surface area contributed by atoms with Gasteiger partial charge in [0.1, 0.15) is 17.6 Å². The quantitative estimate of drug-likeness (QED) is 0.854. The molecule has 0 aromatic heterocycles. The van der Waals surface area contributed by atoms with E-state index in [9.17, 15) is 18.8 Å². The number of amides is 3. The molecule has 3 amide bonds. The number of nitrogens with one attached hydrogen (secondary N) is 1. The van der Waals surface area contributed by atoms with Gasteiger partial charge in [-0.05, 0) is 38.0 Å².